The van der Waals surface area contributed by atoms with Gasteiger partial charge in [0.25, 0.3) is 5.56 Å². The number of nitrogens with zero attached hydrogens (tertiary/aromatic N) is 1. The molecule has 8 heteroatoms. The molecule has 3 N–H and O–H groups in total. The van der Waals surface area contributed by atoms with Crippen LogP contribution in [-0.4, -0.2) is 39.1 Å². The van der Waals surface area contributed by atoms with Gasteiger partial charge in [-0.3, -0.25) is 14.3 Å². The standard InChI is InChI=1S/C12H14BrFN2O4/c13-2-1-6-3-16(12(20)15-11(6)19)10-8(5-18)7(4-17)9(10)14/h1-3,7-10,17-18H,4-5H2,(H,15,19,20)/b2-1+/t7-,8-,9+,10+/m1/s1. The number of aromatic amines is 1. The van der Waals surface area contributed by atoms with E-state index in [2.05, 4.69) is 20.9 Å². The minimum atomic E-state index is -1.44. The molecule has 1 heterocycles. The summed E-state index contributed by atoms with van der Waals surface area (Å²) in [5.74, 6) is -1.25. The normalized spacial score (nSPS) is 29.6. The van der Waals surface area contributed by atoms with Crippen LogP contribution in [0.1, 0.15) is 11.6 Å². The molecular weight excluding hydrogens is 335 g/mol. The van der Waals surface area contributed by atoms with Crippen molar-refractivity contribution in [2.75, 3.05) is 13.2 Å². The predicted molar refractivity (Wildman–Crippen MR) is 74.4 cm³/mol. The second kappa shape index (κ2) is 6.02. The van der Waals surface area contributed by atoms with Crippen molar-refractivity contribution in [3.05, 3.63) is 37.6 Å². The molecule has 0 radical (unpaired) electrons. The Bertz CT molecular complexity index is 627. The van der Waals surface area contributed by atoms with E-state index in [-0.39, 0.29) is 12.2 Å². The van der Waals surface area contributed by atoms with Gasteiger partial charge in [0.05, 0.1) is 11.6 Å². The lowest BCUT2D eigenvalue weighted by atomic mass is 9.68. The first-order valence-corrected chi connectivity index (χ1v) is 6.94. The average molecular weight is 349 g/mol. The zero-order valence-corrected chi connectivity index (χ0v) is 12.0. The van der Waals surface area contributed by atoms with Crippen LogP contribution in [0.25, 0.3) is 6.08 Å². The number of hydrogen-bond acceptors (Lipinski definition) is 4. The third-order valence-corrected chi connectivity index (χ3v) is 3.97. The van der Waals surface area contributed by atoms with Crippen molar-refractivity contribution < 1.29 is 14.6 Å². The molecule has 0 aromatic carbocycles. The average Bonchev–Trinajstić information content (AvgIpc) is 2.41. The van der Waals surface area contributed by atoms with Crippen molar-refractivity contribution in [3.63, 3.8) is 0 Å². The number of aliphatic hydroxyl groups excluding tert-OH is 2. The van der Waals surface area contributed by atoms with Crippen molar-refractivity contribution in [3.8, 4) is 0 Å². The number of alkyl halides is 1. The van der Waals surface area contributed by atoms with Crippen LogP contribution in [0.4, 0.5) is 4.39 Å². The highest BCUT2D eigenvalue weighted by Gasteiger charge is 2.51. The molecule has 0 aliphatic heterocycles. The van der Waals surface area contributed by atoms with Crippen molar-refractivity contribution in [1.82, 2.24) is 9.55 Å². The van der Waals surface area contributed by atoms with Crippen molar-refractivity contribution >= 4 is 22.0 Å². The maximum Gasteiger partial charge on any atom is 0.328 e. The van der Waals surface area contributed by atoms with E-state index in [1.165, 1.54) is 17.3 Å². The number of nitrogens with one attached hydrogen (secondary N) is 1. The number of H-pyrrole nitrogens is 1. The molecule has 1 fully saturated rings. The quantitative estimate of drug-likeness (QED) is 0.714. The van der Waals surface area contributed by atoms with Gasteiger partial charge in [-0.2, -0.15) is 0 Å². The fraction of sp³-hybridized carbons (Fsp3) is 0.500. The Hall–Kier alpha value is -1.25. The molecule has 6 nitrogen and oxygen atoms in total. The molecule has 0 amide bonds. The Morgan fingerprint density at radius 2 is 2.00 bits per heavy atom. The minimum absolute atomic E-state index is 0.192. The molecule has 0 bridgehead atoms. The third-order valence-electron chi connectivity index (χ3n) is 3.70. The second-order valence-electron chi connectivity index (χ2n) is 4.67. The van der Waals surface area contributed by atoms with Crippen LogP contribution < -0.4 is 11.2 Å². The van der Waals surface area contributed by atoms with Crippen LogP contribution in [0.3, 0.4) is 0 Å². The van der Waals surface area contributed by atoms with E-state index in [1.54, 1.807) is 0 Å². The Kier molecular flexibility index (Phi) is 4.56. The van der Waals surface area contributed by atoms with Crippen LogP contribution in [0.5, 0.6) is 0 Å². The highest BCUT2D eigenvalue weighted by atomic mass is 79.9. The van der Waals surface area contributed by atoms with Gasteiger partial charge in [0.1, 0.15) is 6.17 Å². The Morgan fingerprint density at radius 1 is 1.35 bits per heavy atom. The monoisotopic (exact) mass is 348 g/mol. The number of aliphatic hydroxyl groups is 2. The Morgan fingerprint density at radius 3 is 2.55 bits per heavy atom. The lowest BCUT2D eigenvalue weighted by Gasteiger charge is -2.46. The van der Waals surface area contributed by atoms with Crippen LogP contribution >= 0.6 is 15.9 Å². The molecule has 1 aromatic heterocycles. The summed E-state index contributed by atoms with van der Waals surface area (Å²) in [7, 11) is 0. The first-order valence-electron chi connectivity index (χ1n) is 6.03. The van der Waals surface area contributed by atoms with Gasteiger partial charge < -0.3 is 10.2 Å². The molecule has 2 rings (SSSR count). The molecule has 0 spiro atoms. The van der Waals surface area contributed by atoms with Crippen LogP contribution in [0.2, 0.25) is 0 Å². The molecular formula is C12H14BrFN2O4. The summed E-state index contributed by atoms with van der Waals surface area (Å²) >= 11 is 3.02. The number of rotatable bonds is 4. The Labute approximate surface area is 121 Å². The second-order valence-corrected chi connectivity index (χ2v) is 5.20. The van der Waals surface area contributed by atoms with Gasteiger partial charge in [0.15, 0.2) is 0 Å². The summed E-state index contributed by atoms with van der Waals surface area (Å²) < 4.78 is 15.1. The topological polar surface area (TPSA) is 95.3 Å². The summed E-state index contributed by atoms with van der Waals surface area (Å²) in [4.78, 5) is 26.9. The largest absolute Gasteiger partial charge is 0.396 e. The molecule has 110 valence electrons. The third kappa shape index (κ3) is 2.38. The molecule has 1 aliphatic rings. The minimum Gasteiger partial charge on any atom is -0.396 e. The van der Waals surface area contributed by atoms with E-state index >= 15 is 0 Å². The van der Waals surface area contributed by atoms with E-state index in [1.807, 2.05) is 0 Å². The number of aromatic nitrogens is 2. The first-order chi connectivity index (χ1) is 9.54. The van der Waals surface area contributed by atoms with Gasteiger partial charge in [-0.15, -0.1) is 0 Å². The van der Waals surface area contributed by atoms with Crippen molar-refractivity contribution in [2.45, 2.75) is 12.2 Å². The van der Waals surface area contributed by atoms with Crippen LogP contribution in [0, 0.1) is 11.8 Å². The van der Waals surface area contributed by atoms with Gasteiger partial charge in [0, 0.05) is 31.2 Å². The summed E-state index contributed by atoms with van der Waals surface area (Å²) in [5.41, 5.74) is -1.11. The summed E-state index contributed by atoms with van der Waals surface area (Å²) in [6.45, 7) is -0.735. The summed E-state index contributed by atoms with van der Waals surface area (Å²) in [6.07, 6.45) is 1.24. The molecule has 1 saturated carbocycles. The van der Waals surface area contributed by atoms with Crippen LogP contribution in [0.15, 0.2) is 20.8 Å². The molecule has 0 unspecified atom stereocenters. The zero-order valence-electron chi connectivity index (χ0n) is 10.4. The number of hydrogen-bond donors (Lipinski definition) is 3. The van der Waals surface area contributed by atoms with Crippen molar-refractivity contribution in [2.24, 2.45) is 11.8 Å². The zero-order chi connectivity index (χ0) is 14.9. The van der Waals surface area contributed by atoms with E-state index in [0.29, 0.717) is 0 Å². The fourth-order valence-electron chi connectivity index (χ4n) is 2.58. The van der Waals surface area contributed by atoms with Gasteiger partial charge in [-0.25, -0.2) is 9.18 Å². The van der Waals surface area contributed by atoms with Crippen LogP contribution in [-0.2, 0) is 0 Å². The highest BCUT2D eigenvalue weighted by molar-refractivity contribution is 9.11. The van der Waals surface area contributed by atoms with Gasteiger partial charge >= 0.3 is 5.69 Å². The van der Waals surface area contributed by atoms with Gasteiger partial charge in [-0.05, 0) is 11.1 Å². The lowest BCUT2D eigenvalue weighted by Crippen LogP contribution is -2.55. The van der Waals surface area contributed by atoms with Gasteiger partial charge in [0.2, 0.25) is 0 Å². The molecule has 0 saturated heterocycles. The van der Waals surface area contributed by atoms with Crippen molar-refractivity contribution in [1.29, 1.82) is 0 Å². The van der Waals surface area contributed by atoms with E-state index in [9.17, 15) is 19.1 Å². The molecule has 1 aliphatic carbocycles. The summed E-state index contributed by atoms with van der Waals surface area (Å²) in [5, 5.41) is 18.3. The van der Waals surface area contributed by atoms with Gasteiger partial charge in [-0.1, -0.05) is 15.9 Å². The summed E-state index contributed by atoms with van der Waals surface area (Å²) in [6, 6.07) is -0.885. The number of halogens is 2. The Balaban J connectivity index is 2.45. The van der Waals surface area contributed by atoms with E-state index in [0.717, 1.165) is 4.57 Å². The predicted octanol–water partition coefficient (Wildman–Crippen LogP) is 0.0120. The lowest BCUT2D eigenvalue weighted by molar-refractivity contribution is -0.0875. The SMILES string of the molecule is O=c1[nH]c(=O)n([C@@H]2[C@@H](F)[C@H](CO)[C@H]2CO)cc1/C=C/Br. The molecule has 20 heavy (non-hydrogen) atoms. The molecule has 4 atom stereocenters. The highest BCUT2D eigenvalue weighted by Crippen LogP contribution is 2.45. The maximum absolute atomic E-state index is 14.0. The van der Waals surface area contributed by atoms with E-state index in [4.69, 9.17) is 5.11 Å². The smallest absolute Gasteiger partial charge is 0.328 e. The maximum atomic E-state index is 14.0. The molecule has 1 aromatic rings. The first kappa shape index (κ1) is 15.1. The van der Waals surface area contributed by atoms with E-state index < -0.39 is 41.9 Å². The fourth-order valence-corrected chi connectivity index (χ4v) is 2.87.